The van der Waals surface area contributed by atoms with Crippen molar-refractivity contribution in [3.8, 4) is 17.3 Å². The van der Waals surface area contributed by atoms with Gasteiger partial charge >= 0.3 is 0 Å². The molecule has 34 heavy (non-hydrogen) atoms. The van der Waals surface area contributed by atoms with Crippen molar-refractivity contribution in [2.75, 3.05) is 51.5 Å². The fourth-order valence-corrected chi connectivity index (χ4v) is 4.80. The molecule has 0 radical (unpaired) electrons. The number of imidazole rings is 1. The van der Waals surface area contributed by atoms with Crippen molar-refractivity contribution >= 4 is 22.4 Å². The van der Waals surface area contributed by atoms with Crippen LogP contribution in [0.4, 0.5) is 5.82 Å². The van der Waals surface area contributed by atoms with Crippen molar-refractivity contribution in [2.24, 2.45) is 0 Å². The van der Waals surface area contributed by atoms with Gasteiger partial charge in [-0.1, -0.05) is 0 Å². The van der Waals surface area contributed by atoms with Gasteiger partial charge in [0.2, 0.25) is 5.88 Å². The Morgan fingerprint density at radius 2 is 2.18 bits per heavy atom. The van der Waals surface area contributed by atoms with E-state index in [0.717, 1.165) is 60.7 Å². The number of nitrogens with zero attached hydrogens (tertiary/aromatic N) is 5. The summed E-state index contributed by atoms with van der Waals surface area (Å²) in [5.74, 6) is 2.14. The normalized spacial score (nSPS) is 21.0. The van der Waals surface area contributed by atoms with Crippen LogP contribution in [0.5, 0.6) is 5.88 Å². The van der Waals surface area contributed by atoms with Gasteiger partial charge in [-0.05, 0) is 31.0 Å². The number of anilines is 1. The number of morpholine rings is 1. The van der Waals surface area contributed by atoms with Crippen molar-refractivity contribution in [3.63, 3.8) is 0 Å². The molecule has 2 aliphatic rings. The molecule has 2 unspecified atom stereocenters. The molecule has 6 rings (SSSR count). The van der Waals surface area contributed by atoms with Gasteiger partial charge in [-0.2, -0.15) is 0 Å². The summed E-state index contributed by atoms with van der Waals surface area (Å²) in [6.45, 7) is 4.33. The molecule has 10 nitrogen and oxygen atoms in total. The Morgan fingerprint density at radius 3 is 3.06 bits per heavy atom. The van der Waals surface area contributed by atoms with E-state index >= 15 is 0 Å². The average molecular weight is 465 g/mol. The Morgan fingerprint density at radius 1 is 1.21 bits per heavy atom. The molecule has 178 valence electrons. The number of aromatic nitrogens is 4. The number of furan rings is 1. The second kappa shape index (κ2) is 9.21. The van der Waals surface area contributed by atoms with E-state index < -0.39 is 0 Å². The van der Waals surface area contributed by atoms with Crippen LogP contribution in [0.25, 0.3) is 28.1 Å². The molecule has 4 aromatic heterocycles. The lowest BCUT2D eigenvalue weighted by molar-refractivity contribution is 0.0583. The first kappa shape index (κ1) is 21.3. The molecule has 2 fully saturated rings. The summed E-state index contributed by atoms with van der Waals surface area (Å²) < 4.78 is 24.9. The van der Waals surface area contributed by atoms with Gasteiger partial charge < -0.3 is 28.8 Å². The molecule has 1 N–H and O–H groups in total. The van der Waals surface area contributed by atoms with Gasteiger partial charge in [0.1, 0.15) is 23.7 Å². The third-order valence-electron chi connectivity index (χ3n) is 6.45. The number of hydrogen-bond acceptors (Lipinski definition) is 9. The van der Waals surface area contributed by atoms with E-state index in [-0.39, 0.29) is 6.04 Å². The lowest BCUT2D eigenvalue weighted by Gasteiger charge is -2.25. The molecule has 6 heterocycles. The van der Waals surface area contributed by atoms with Crippen LogP contribution >= 0.6 is 0 Å². The second-order valence-corrected chi connectivity index (χ2v) is 8.72. The molecule has 2 aliphatic heterocycles. The first-order valence-electron chi connectivity index (χ1n) is 11.7. The Labute approximate surface area is 196 Å². The third-order valence-corrected chi connectivity index (χ3v) is 6.45. The maximum atomic E-state index is 6.24. The van der Waals surface area contributed by atoms with Crippen LogP contribution in [0, 0.1) is 0 Å². The van der Waals surface area contributed by atoms with Crippen LogP contribution in [0.1, 0.15) is 12.8 Å². The van der Waals surface area contributed by atoms with Crippen molar-refractivity contribution in [2.45, 2.75) is 24.9 Å². The quantitative estimate of drug-likeness (QED) is 0.442. The standard InChI is InChI=1S/C24H28N6O4/c1-31-15-17-3-2-9-29(17)24-18-11-21(34-20(18)6-7-26-24)19-12-27-22-4-5-23(28-30(19)22)33-14-16-13-32-10-8-25-16/h4-7,11-12,16-17,25H,2-3,8-10,13-15H2,1H3. The maximum Gasteiger partial charge on any atom is 0.231 e. The Bertz CT molecular complexity index is 1280. The van der Waals surface area contributed by atoms with Crippen LogP contribution in [-0.4, -0.2) is 78.3 Å². The fraction of sp³-hybridized carbons (Fsp3) is 0.458. The van der Waals surface area contributed by atoms with E-state index in [1.165, 1.54) is 0 Å². The van der Waals surface area contributed by atoms with Crippen LogP contribution in [-0.2, 0) is 9.47 Å². The van der Waals surface area contributed by atoms with E-state index in [9.17, 15) is 0 Å². The molecule has 0 bridgehead atoms. The van der Waals surface area contributed by atoms with Crippen molar-refractivity contribution in [1.82, 2.24) is 24.9 Å². The third kappa shape index (κ3) is 3.97. The van der Waals surface area contributed by atoms with Crippen molar-refractivity contribution in [1.29, 1.82) is 0 Å². The van der Waals surface area contributed by atoms with Crippen molar-refractivity contribution in [3.05, 3.63) is 36.7 Å². The number of hydrogen-bond donors (Lipinski definition) is 1. The number of methoxy groups -OCH3 is 1. The maximum absolute atomic E-state index is 6.24. The number of pyridine rings is 1. The molecule has 0 aromatic carbocycles. The summed E-state index contributed by atoms with van der Waals surface area (Å²) >= 11 is 0. The minimum Gasteiger partial charge on any atom is -0.475 e. The van der Waals surface area contributed by atoms with Crippen LogP contribution in [0.2, 0.25) is 0 Å². The minimum atomic E-state index is 0.155. The summed E-state index contributed by atoms with van der Waals surface area (Å²) in [6, 6.07) is 8.13. The molecule has 0 saturated carbocycles. The first-order chi connectivity index (χ1) is 16.8. The lowest BCUT2D eigenvalue weighted by atomic mass is 10.2. The zero-order chi connectivity index (χ0) is 22.9. The Balaban J connectivity index is 1.31. The van der Waals surface area contributed by atoms with Gasteiger partial charge in [0.25, 0.3) is 0 Å². The van der Waals surface area contributed by atoms with Crippen LogP contribution in [0.3, 0.4) is 0 Å². The van der Waals surface area contributed by atoms with E-state index in [0.29, 0.717) is 37.5 Å². The van der Waals surface area contributed by atoms with Gasteiger partial charge in [0, 0.05) is 32.5 Å². The molecule has 2 atom stereocenters. The molecule has 0 aliphatic carbocycles. The van der Waals surface area contributed by atoms with E-state index in [1.807, 2.05) is 24.3 Å². The molecule has 4 aromatic rings. The summed E-state index contributed by atoms with van der Waals surface area (Å²) in [5.41, 5.74) is 2.27. The largest absolute Gasteiger partial charge is 0.475 e. The van der Waals surface area contributed by atoms with E-state index in [4.69, 9.17) is 23.6 Å². The first-order valence-corrected chi connectivity index (χ1v) is 11.7. The zero-order valence-electron chi connectivity index (χ0n) is 19.1. The molecular weight excluding hydrogens is 436 g/mol. The smallest absolute Gasteiger partial charge is 0.231 e. The zero-order valence-corrected chi connectivity index (χ0v) is 19.1. The Hall–Kier alpha value is -3.21. The van der Waals surface area contributed by atoms with Gasteiger partial charge in [0.05, 0.1) is 43.5 Å². The van der Waals surface area contributed by atoms with Gasteiger partial charge in [-0.15, -0.1) is 5.10 Å². The topological polar surface area (TPSA) is 99.2 Å². The number of fused-ring (bicyclic) bond motifs is 2. The number of ether oxygens (including phenoxy) is 3. The highest BCUT2D eigenvalue weighted by Crippen LogP contribution is 2.35. The van der Waals surface area contributed by atoms with Gasteiger partial charge in [-0.25, -0.2) is 14.5 Å². The molecule has 0 amide bonds. The van der Waals surface area contributed by atoms with Gasteiger partial charge in [-0.3, -0.25) is 0 Å². The summed E-state index contributed by atoms with van der Waals surface area (Å²) in [7, 11) is 1.75. The van der Waals surface area contributed by atoms with E-state index in [1.54, 1.807) is 24.0 Å². The average Bonchev–Trinajstić information content (AvgIpc) is 3.61. The monoisotopic (exact) mass is 464 g/mol. The highest BCUT2D eigenvalue weighted by atomic mass is 16.5. The van der Waals surface area contributed by atoms with Crippen molar-refractivity contribution < 1.29 is 18.6 Å². The Kier molecular flexibility index (Phi) is 5.78. The number of nitrogens with one attached hydrogen (secondary N) is 1. The fourth-order valence-electron chi connectivity index (χ4n) is 4.80. The van der Waals surface area contributed by atoms with E-state index in [2.05, 4.69) is 20.3 Å². The molecule has 2 saturated heterocycles. The SMILES string of the molecule is COCC1CCCN1c1nccc2oc(-c3cnc4ccc(OCC5COCCN5)nn34)cc12. The lowest BCUT2D eigenvalue weighted by Crippen LogP contribution is -2.44. The molecule has 10 heteroatoms. The highest BCUT2D eigenvalue weighted by Gasteiger charge is 2.28. The predicted octanol–water partition coefficient (Wildman–Crippen LogP) is 2.52. The minimum absolute atomic E-state index is 0.155. The number of rotatable bonds is 7. The van der Waals surface area contributed by atoms with Gasteiger partial charge in [0.15, 0.2) is 11.4 Å². The summed E-state index contributed by atoms with van der Waals surface area (Å²) in [5, 5.41) is 9.02. The van der Waals surface area contributed by atoms with Crippen LogP contribution < -0.4 is 15.0 Å². The summed E-state index contributed by atoms with van der Waals surface area (Å²) in [6.07, 6.45) is 5.80. The molecule has 0 spiro atoms. The second-order valence-electron chi connectivity index (χ2n) is 8.72. The van der Waals surface area contributed by atoms with Crippen LogP contribution in [0.15, 0.2) is 41.1 Å². The predicted molar refractivity (Wildman–Crippen MR) is 126 cm³/mol. The highest BCUT2D eigenvalue weighted by molar-refractivity contribution is 5.92. The summed E-state index contributed by atoms with van der Waals surface area (Å²) in [4.78, 5) is 11.5. The molecular formula is C24H28N6O4.